The molecule has 1 aromatic carbocycles. The molecule has 2 aromatic heterocycles. The fourth-order valence-corrected chi connectivity index (χ4v) is 5.52. The van der Waals surface area contributed by atoms with Gasteiger partial charge in [-0.25, -0.2) is 13.1 Å². The molecule has 9 nitrogen and oxygen atoms in total. The van der Waals surface area contributed by atoms with E-state index in [2.05, 4.69) is 40.0 Å². The molecule has 1 N–H and O–H groups in total. The summed E-state index contributed by atoms with van der Waals surface area (Å²) in [6, 6.07) is 6.71. The molecule has 0 atom stereocenters. The summed E-state index contributed by atoms with van der Waals surface area (Å²) in [5.41, 5.74) is 2.79. The molecular weight excluding hydrogens is 468 g/mol. The predicted molar refractivity (Wildman–Crippen MR) is 130 cm³/mol. The first kappa shape index (κ1) is 23.0. The SMILES string of the molecule is C[Si](C)(C)CCOCn1ncc2c(Nc3cccc4c3N(S(C)(=O)=O)CC4)nc(Cl)nc21. The van der Waals surface area contributed by atoms with Gasteiger partial charge < -0.3 is 10.1 Å². The van der Waals surface area contributed by atoms with Crippen LogP contribution in [0.1, 0.15) is 5.56 Å². The number of hydrogen-bond acceptors (Lipinski definition) is 7. The standard InChI is InChI=1S/C20H27ClN6O3SSi/c1-31(28,29)27-9-8-14-6-5-7-16(17(14)27)23-18-15-12-22-26(19(15)25-20(21)24-18)13-30-10-11-32(2,3)4/h5-7,12H,8-11,13H2,1-4H3,(H,23,24,25). The highest BCUT2D eigenvalue weighted by atomic mass is 35.5. The van der Waals surface area contributed by atoms with Gasteiger partial charge in [0.25, 0.3) is 0 Å². The van der Waals surface area contributed by atoms with E-state index in [0.717, 1.165) is 11.6 Å². The van der Waals surface area contributed by atoms with Crippen LogP contribution >= 0.6 is 11.6 Å². The molecule has 4 rings (SSSR count). The van der Waals surface area contributed by atoms with E-state index in [-0.39, 0.29) is 12.0 Å². The summed E-state index contributed by atoms with van der Waals surface area (Å²) in [5.74, 6) is 0.460. The van der Waals surface area contributed by atoms with E-state index in [0.29, 0.717) is 47.8 Å². The van der Waals surface area contributed by atoms with Crippen molar-refractivity contribution in [2.75, 3.05) is 29.0 Å². The van der Waals surface area contributed by atoms with Gasteiger partial charge in [0.1, 0.15) is 12.5 Å². The van der Waals surface area contributed by atoms with Crippen molar-refractivity contribution in [2.24, 2.45) is 0 Å². The van der Waals surface area contributed by atoms with Gasteiger partial charge >= 0.3 is 0 Å². The monoisotopic (exact) mass is 494 g/mol. The quantitative estimate of drug-likeness (QED) is 0.288. The Hall–Kier alpha value is -2.21. The molecule has 0 unspecified atom stereocenters. The summed E-state index contributed by atoms with van der Waals surface area (Å²) in [4.78, 5) is 8.67. The van der Waals surface area contributed by atoms with Gasteiger partial charge in [-0.3, -0.25) is 4.31 Å². The summed E-state index contributed by atoms with van der Waals surface area (Å²) in [6.07, 6.45) is 3.53. The highest BCUT2D eigenvalue weighted by Crippen LogP contribution is 2.39. The molecule has 0 saturated heterocycles. The first-order valence-electron chi connectivity index (χ1n) is 10.4. The van der Waals surface area contributed by atoms with Crippen LogP contribution in [0.15, 0.2) is 24.4 Å². The number of benzene rings is 1. The minimum atomic E-state index is -3.40. The van der Waals surface area contributed by atoms with E-state index in [4.69, 9.17) is 16.3 Å². The molecule has 1 aliphatic rings. The smallest absolute Gasteiger partial charge is 0.232 e. The third-order valence-corrected chi connectivity index (χ3v) is 8.32. The average molecular weight is 495 g/mol. The van der Waals surface area contributed by atoms with Crippen LogP contribution in [0.2, 0.25) is 31.0 Å². The summed E-state index contributed by atoms with van der Waals surface area (Å²) in [7, 11) is -4.58. The number of fused-ring (bicyclic) bond motifs is 2. The second-order valence-corrected chi connectivity index (χ2v) is 17.0. The van der Waals surface area contributed by atoms with Crippen molar-refractivity contribution in [1.82, 2.24) is 19.7 Å². The predicted octanol–water partition coefficient (Wildman–Crippen LogP) is 3.86. The topological polar surface area (TPSA) is 102 Å². The summed E-state index contributed by atoms with van der Waals surface area (Å²) >= 11 is 6.21. The highest BCUT2D eigenvalue weighted by molar-refractivity contribution is 7.92. The number of aromatic nitrogens is 4. The van der Waals surface area contributed by atoms with Crippen molar-refractivity contribution in [2.45, 2.75) is 38.8 Å². The fourth-order valence-electron chi connectivity index (χ4n) is 3.63. The maximum absolute atomic E-state index is 12.3. The lowest BCUT2D eigenvalue weighted by atomic mass is 10.1. The second-order valence-electron chi connectivity index (χ2n) is 9.09. The van der Waals surface area contributed by atoms with Crippen LogP contribution in [0.25, 0.3) is 11.0 Å². The Bertz CT molecular complexity index is 1260. The lowest BCUT2D eigenvalue weighted by Gasteiger charge is -2.20. The van der Waals surface area contributed by atoms with E-state index in [9.17, 15) is 8.42 Å². The van der Waals surface area contributed by atoms with Crippen LogP contribution < -0.4 is 9.62 Å². The van der Waals surface area contributed by atoms with Crippen molar-refractivity contribution < 1.29 is 13.2 Å². The second kappa shape index (κ2) is 8.62. The number of anilines is 3. The van der Waals surface area contributed by atoms with E-state index in [1.807, 2.05) is 18.2 Å². The number of nitrogens with zero attached hydrogens (tertiary/aromatic N) is 5. The van der Waals surface area contributed by atoms with Crippen molar-refractivity contribution >= 4 is 57.9 Å². The van der Waals surface area contributed by atoms with Crippen molar-refractivity contribution in [3.05, 3.63) is 35.2 Å². The zero-order chi connectivity index (χ0) is 23.1. The van der Waals surface area contributed by atoms with E-state index in [1.54, 1.807) is 10.9 Å². The number of para-hydroxylation sites is 1. The Morgan fingerprint density at radius 2 is 2.03 bits per heavy atom. The van der Waals surface area contributed by atoms with Gasteiger partial charge in [0.2, 0.25) is 15.3 Å². The minimum Gasteiger partial charge on any atom is -0.359 e. The first-order chi connectivity index (χ1) is 15.0. The molecule has 0 aliphatic carbocycles. The molecule has 0 bridgehead atoms. The number of rotatable bonds is 8. The molecule has 1 aliphatic heterocycles. The van der Waals surface area contributed by atoms with Gasteiger partial charge in [0.05, 0.1) is 29.2 Å². The number of hydrogen-bond donors (Lipinski definition) is 1. The van der Waals surface area contributed by atoms with Gasteiger partial charge in [-0.05, 0) is 35.7 Å². The van der Waals surface area contributed by atoms with Gasteiger partial charge in [0.15, 0.2) is 5.65 Å². The molecular formula is C20H27ClN6O3SSi. The normalized spacial score (nSPS) is 14.2. The summed E-state index contributed by atoms with van der Waals surface area (Å²) in [6.45, 7) is 8.25. The molecule has 0 spiro atoms. The third-order valence-electron chi connectivity index (χ3n) is 5.29. The maximum atomic E-state index is 12.3. The Kier molecular flexibility index (Phi) is 6.18. The van der Waals surface area contributed by atoms with E-state index < -0.39 is 18.1 Å². The number of sulfonamides is 1. The molecule has 0 saturated carbocycles. The third kappa shape index (κ3) is 4.90. The Labute approximate surface area is 193 Å². The van der Waals surface area contributed by atoms with Crippen molar-refractivity contribution in [1.29, 1.82) is 0 Å². The van der Waals surface area contributed by atoms with E-state index in [1.165, 1.54) is 10.6 Å². The molecule has 32 heavy (non-hydrogen) atoms. The number of nitrogens with one attached hydrogen (secondary N) is 1. The van der Waals surface area contributed by atoms with Gasteiger partial charge in [-0.15, -0.1) is 0 Å². The molecule has 0 amide bonds. The average Bonchev–Trinajstić information content (AvgIpc) is 3.29. The molecule has 0 radical (unpaired) electrons. The van der Waals surface area contributed by atoms with Crippen LogP contribution in [0, 0.1) is 0 Å². The zero-order valence-corrected chi connectivity index (χ0v) is 21.2. The van der Waals surface area contributed by atoms with Crippen LogP contribution in [0.5, 0.6) is 0 Å². The lowest BCUT2D eigenvalue weighted by Crippen LogP contribution is -2.28. The van der Waals surface area contributed by atoms with Crippen molar-refractivity contribution in [3.63, 3.8) is 0 Å². The minimum absolute atomic E-state index is 0.0661. The molecule has 172 valence electrons. The Morgan fingerprint density at radius 3 is 2.75 bits per heavy atom. The van der Waals surface area contributed by atoms with Crippen LogP contribution in [0.3, 0.4) is 0 Å². The molecule has 3 heterocycles. The molecule has 12 heteroatoms. The van der Waals surface area contributed by atoms with Crippen LogP contribution in [-0.2, 0) is 27.9 Å². The van der Waals surface area contributed by atoms with Crippen molar-refractivity contribution in [3.8, 4) is 0 Å². The summed E-state index contributed by atoms with van der Waals surface area (Å²) < 4.78 is 33.4. The maximum Gasteiger partial charge on any atom is 0.232 e. The van der Waals surface area contributed by atoms with E-state index >= 15 is 0 Å². The zero-order valence-electron chi connectivity index (χ0n) is 18.6. The van der Waals surface area contributed by atoms with Gasteiger partial charge in [-0.2, -0.15) is 15.1 Å². The van der Waals surface area contributed by atoms with Crippen LogP contribution in [-0.4, -0.2) is 55.6 Å². The van der Waals surface area contributed by atoms with Gasteiger partial charge in [0, 0.05) is 21.2 Å². The Morgan fingerprint density at radius 1 is 1.25 bits per heavy atom. The number of ether oxygens (including phenoxy) is 1. The Balaban J connectivity index is 1.63. The fraction of sp³-hybridized carbons (Fsp3) is 0.450. The molecule has 3 aromatic rings. The van der Waals surface area contributed by atoms with Gasteiger partial charge in [-0.1, -0.05) is 31.8 Å². The highest BCUT2D eigenvalue weighted by Gasteiger charge is 2.29. The molecule has 0 fully saturated rings. The van der Waals surface area contributed by atoms with Crippen LogP contribution in [0.4, 0.5) is 17.2 Å². The lowest BCUT2D eigenvalue weighted by molar-refractivity contribution is 0.0813. The largest absolute Gasteiger partial charge is 0.359 e. The first-order valence-corrected chi connectivity index (χ1v) is 16.3. The number of halogens is 1. The summed E-state index contributed by atoms with van der Waals surface area (Å²) in [5, 5.41) is 8.39.